The third kappa shape index (κ3) is 2.15. The van der Waals surface area contributed by atoms with Gasteiger partial charge in [-0.1, -0.05) is 6.07 Å². The molecule has 0 aliphatic carbocycles. The minimum Gasteiger partial charge on any atom is -0.494 e. The van der Waals surface area contributed by atoms with Gasteiger partial charge < -0.3 is 15.5 Å². The van der Waals surface area contributed by atoms with Gasteiger partial charge in [-0.25, -0.2) is 14.4 Å². The number of methoxy groups -OCH3 is 1. The predicted molar refractivity (Wildman–Crippen MR) is 87.8 cm³/mol. The van der Waals surface area contributed by atoms with Gasteiger partial charge in [0.2, 0.25) is 0 Å². The van der Waals surface area contributed by atoms with E-state index in [0.717, 1.165) is 33.1 Å². The fraction of sp³-hybridized carbons (Fsp3) is 0.0588. The summed E-state index contributed by atoms with van der Waals surface area (Å²) >= 11 is 0. The van der Waals surface area contributed by atoms with Crippen LogP contribution >= 0.6 is 0 Å². The molecular formula is C17H13FN4O. The zero-order chi connectivity index (χ0) is 16.0. The Kier molecular flexibility index (Phi) is 2.90. The van der Waals surface area contributed by atoms with E-state index in [4.69, 9.17) is 10.5 Å². The Labute approximate surface area is 130 Å². The molecule has 1 aromatic carbocycles. The second-order valence-electron chi connectivity index (χ2n) is 5.25. The fourth-order valence-electron chi connectivity index (χ4n) is 2.70. The number of nitrogens with one attached hydrogen (secondary N) is 1. The SMILES string of the molecule is COc1ccc(-c2cnc3[nH]c4cnc(N)cc4c3c2)cc1F. The Bertz CT molecular complexity index is 1040. The highest BCUT2D eigenvalue weighted by Crippen LogP contribution is 2.30. The van der Waals surface area contributed by atoms with Crippen LogP contribution in [0.15, 0.2) is 42.7 Å². The van der Waals surface area contributed by atoms with Crippen molar-refractivity contribution in [1.82, 2.24) is 15.0 Å². The normalized spacial score (nSPS) is 11.2. The van der Waals surface area contributed by atoms with Crippen molar-refractivity contribution in [1.29, 1.82) is 0 Å². The molecule has 0 aliphatic rings. The number of pyridine rings is 2. The average molecular weight is 308 g/mol. The Balaban J connectivity index is 1.92. The van der Waals surface area contributed by atoms with E-state index in [1.807, 2.05) is 6.07 Å². The van der Waals surface area contributed by atoms with E-state index in [1.165, 1.54) is 13.2 Å². The van der Waals surface area contributed by atoms with Crippen molar-refractivity contribution >= 4 is 27.8 Å². The van der Waals surface area contributed by atoms with Crippen LogP contribution in [-0.2, 0) is 0 Å². The number of rotatable bonds is 2. The lowest BCUT2D eigenvalue weighted by Gasteiger charge is -2.05. The maximum atomic E-state index is 13.9. The third-order valence-electron chi connectivity index (χ3n) is 3.84. The highest BCUT2D eigenvalue weighted by atomic mass is 19.1. The van der Waals surface area contributed by atoms with Gasteiger partial charge in [0.1, 0.15) is 11.5 Å². The van der Waals surface area contributed by atoms with Gasteiger partial charge in [0.15, 0.2) is 11.6 Å². The number of nitrogens with zero attached hydrogens (tertiary/aromatic N) is 2. The summed E-state index contributed by atoms with van der Waals surface area (Å²) in [5.41, 5.74) is 8.91. The van der Waals surface area contributed by atoms with Crippen molar-refractivity contribution in [3.8, 4) is 16.9 Å². The first kappa shape index (κ1) is 13.5. The zero-order valence-corrected chi connectivity index (χ0v) is 12.3. The Hall–Kier alpha value is -3.15. The van der Waals surface area contributed by atoms with E-state index in [0.29, 0.717) is 5.82 Å². The first-order valence-electron chi connectivity index (χ1n) is 7.02. The summed E-state index contributed by atoms with van der Waals surface area (Å²) in [6.07, 6.45) is 3.38. The number of hydrogen-bond acceptors (Lipinski definition) is 4. The average Bonchev–Trinajstić information content (AvgIpc) is 2.92. The molecule has 0 unspecified atom stereocenters. The van der Waals surface area contributed by atoms with Gasteiger partial charge in [0, 0.05) is 22.5 Å². The first-order valence-corrected chi connectivity index (χ1v) is 7.02. The monoisotopic (exact) mass is 308 g/mol. The molecule has 0 spiro atoms. The van der Waals surface area contributed by atoms with Crippen LogP contribution in [0, 0.1) is 5.82 Å². The zero-order valence-electron chi connectivity index (χ0n) is 12.3. The number of ether oxygens (including phenoxy) is 1. The molecule has 0 atom stereocenters. The van der Waals surface area contributed by atoms with Gasteiger partial charge >= 0.3 is 0 Å². The summed E-state index contributed by atoms with van der Waals surface area (Å²) in [7, 11) is 1.44. The third-order valence-corrected chi connectivity index (χ3v) is 3.84. The maximum absolute atomic E-state index is 13.9. The number of nitrogens with two attached hydrogens (primary N) is 1. The van der Waals surface area contributed by atoms with Crippen LogP contribution in [0.3, 0.4) is 0 Å². The van der Waals surface area contributed by atoms with Crippen LogP contribution in [0.5, 0.6) is 5.75 Å². The molecule has 4 rings (SSSR count). The van der Waals surface area contributed by atoms with Gasteiger partial charge in [-0.2, -0.15) is 0 Å². The van der Waals surface area contributed by atoms with Gasteiger partial charge in [0.05, 0.1) is 18.8 Å². The van der Waals surface area contributed by atoms with E-state index in [1.54, 1.807) is 30.6 Å². The minimum atomic E-state index is -0.405. The molecule has 0 saturated carbocycles. The van der Waals surface area contributed by atoms with Crippen molar-refractivity contribution in [2.45, 2.75) is 0 Å². The number of H-pyrrole nitrogens is 1. The molecule has 0 aliphatic heterocycles. The van der Waals surface area contributed by atoms with E-state index < -0.39 is 5.82 Å². The van der Waals surface area contributed by atoms with Gasteiger partial charge in [-0.3, -0.25) is 0 Å². The van der Waals surface area contributed by atoms with E-state index in [9.17, 15) is 4.39 Å². The van der Waals surface area contributed by atoms with Gasteiger partial charge in [-0.15, -0.1) is 0 Å². The Morgan fingerprint density at radius 3 is 2.70 bits per heavy atom. The molecule has 6 heteroatoms. The summed E-state index contributed by atoms with van der Waals surface area (Å²) in [5, 5.41) is 1.86. The van der Waals surface area contributed by atoms with Crippen LogP contribution in [-0.4, -0.2) is 22.1 Å². The molecule has 0 bridgehead atoms. The number of nitrogen functional groups attached to an aromatic ring is 1. The minimum absolute atomic E-state index is 0.216. The highest BCUT2D eigenvalue weighted by molar-refractivity contribution is 6.07. The molecule has 3 aromatic heterocycles. The summed E-state index contributed by atoms with van der Waals surface area (Å²) in [6.45, 7) is 0. The standard InChI is InChI=1S/C17H13FN4O/c1-23-15-3-2-9(5-13(15)18)10-4-12-11-6-16(19)20-8-14(11)22-17(12)21-7-10/h2-8H,1H3,(H2,19,20)(H,21,22). The molecule has 114 valence electrons. The number of aromatic amines is 1. The molecule has 3 N–H and O–H groups in total. The largest absolute Gasteiger partial charge is 0.494 e. The van der Waals surface area contributed by atoms with Crippen LogP contribution < -0.4 is 10.5 Å². The number of anilines is 1. The molecule has 23 heavy (non-hydrogen) atoms. The summed E-state index contributed by atoms with van der Waals surface area (Å²) < 4.78 is 18.9. The molecule has 0 fully saturated rings. The lowest BCUT2D eigenvalue weighted by molar-refractivity contribution is 0.386. The van der Waals surface area contributed by atoms with Gasteiger partial charge in [-0.05, 0) is 29.8 Å². The summed E-state index contributed by atoms with van der Waals surface area (Å²) in [6, 6.07) is 8.60. The van der Waals surface area contributed by atoms with Crippen molar-refractivity contribution in [2.75, 3.05) is 12.8 Å². The Morgan fingerprint density at radius 2 is 1.91 bits per heavy atom. The lowest BCUT2D eigenvalue weighted by Crippen LogP contribution is -1.89. The van der Waals surface area contributed by atoms with Crippen LogP contribution in [0.25, 0.3) is 33.1 Å². The van der Waals surface area contributed by atoms with Crippen LogP contribution in [0.2, 0.25) is 0 Å². The molecule has 3 heterocycles. The predicted octanol–water partition coefficient (Wildman–Crippen LogP) is 3.51. The van der Waals surface area contributed by atoms with Crippen molar-refractivity contribution in [3.63, 3.8) is 0 Å². The summed E-state index contributed by atoms with van der Waals surface area (Å²) in [4.78, 5) is 11.7. The van der Waals surface area contributed by atoms with Gasteiger partial charge in [0.25, 0.3) is 0 Å². The molecular weight excluding hydrogens is 295 g/mol. The Morgan fingerprint density at radius 1 is 1.04 bits per heavy atom. The second-order valence-corrected chi connectivity index (χ2v) is 5.25. The number of hydrogen-bond donors (Lipinski definition) is 2. The number of halogens is 1. The molecule has 0 saturated heterocycles. The number of fused-ring (bicyclic) bond motifs is 3. The van der Waals surface area contributed by atoms with Crippen LogP contribution in [0.1, 0.15) is 0 Å². The van der Waals surface area contributed by atoms with E-state index in [2.05, 4.69) is 15.0 Å². The lowest BCUT2D eigenvalue weighted by atomic mass is 10.1. The smallest absolute Gasteiger partial charge is 0.165 e. The van der Waals surface area contributed by atoms with E-state index >= 15 is 0 Å². The fourth-order valence-corrected chi connectivity index (χ4v) is 2.70. The molecule has 0 radical (unpaired) electrons. The quantitative estimate of drug-likeness (QED) is 0.594. The maximum Gasteiger partial charge on any atom is 0.165 e. The van der Waals surface area contributed by atoms with Crippen molar-refractivity contribution in [3.05, 3.63) is 48.5 Å². The first-order chi connectivity index (χ1) is 11.2. The summed E-state index contributed by atoms with van der Waals surface area (Å²) in [5.74, 6) is 0.255. The number of benzene rings is 1. The van der Waals surface area contributed by atoms with Crippen LogP contribution in [0.4, 0.5) is 10.2 Å². The molecule has 5 nitrogen and oxygen atoms in total. The highest BCUT2D eigenvalue weighted by Gasteiger charge is 2.10. The van der Waals surface area contributed by atoms with Crippen molar-refractivity contribution < 1.29 is 9.13 Å². The van der Waals surface area contributed by atoms with Crippen molar-refractivity contribution in [2.24, 2.45) is 0 Å². The molecule has 0 amide bonds. The number of aromatic nitrogens is 3. The molecule has 4 aromatic rings. The second kappa shape index (κ2) is 4.95. The topological polar surface area (TPSA) is 76.8 Å². The van der Waals surface area contributed by atoms with E-state index in [-0.39, 0.29) is 5.75 Å².